The van der Waals surface area contributed by atoms with Crippen LogP contribution in [0, 0.1) is 0 Å². The quantitative estimate of drug-likeness (QED) is 0.287. The minimum Gasteiger partial charge on any atom is -0.282 e. The van der Waals surface area contributed by atoms with Gasteiger partial charge in [0.15, 0.2) is 0 Å². The molecule has 1 aromatic rings. The molecule has 0 saturated heterocycles. The van der Waals surface area contributed by atoms with Gasteiger partial charge in [-0.25, -0.2) is 0 Å². The Balaban J connectivity index is 2.88. The molecule has 0 saturated carbocycles. The molecule has 0 aromatic heterocycles. The maximum Gasteiger partial charge on any atom is 0.295 e. The monoisotopic (exact) mass is 253 g/mol. The molecule has 1 rings (SSSR count). The van der Waals surface area contributed by atoms with E-state index in [-0.39, 0.29) is 4.90 Å². The summed E-state index contributed by atoms with van der Waals surface area (Å²) in [6.07, 6.45) is 3.75. The van der Waals surface area contributed by atoms with Gasteiger partial charge in [0.05, 0.1) is 0 Å². The number of nitrogens with zero attached hydrogens (tertiary/aromatic N) is 3. The fraction of sp³-hybridized carbons (Fsp3) is 0.200. The van der Waals surface area contributed by atoms with Crippen LogP contribution in [0.1, 0.15) is 12.0 Å². The number of rotatable bonds is 5. The van der Waals surface area contributed by atoms with Crippen molar-refractivity contribution in [2.75, 3.05) is 6.54 Å². The van der Waals surface area contributed by atoms with Gasteiger partial charge in [-0.3, -0.25) is 4.55 Å². The third kappa shape index (κ3) is 4.28. The first-order valence-electron chi connectivity index (χ1n) is 4.79. The largest absolute Gasteiger partial charge is 0.295 e. The second-order valence-electron chi connectivity index (χ2n) is 3.16. The van der Waals surface area contributed by atoms with E-state index < -0.39 is 10.1 Å². The Hall–Kier alpha value is -1.82. The number of azide groups is 1. The maximum absolute atomic E-state index is 11.0. The molecule has 0 amide bonds. The van der Waals surface area contributed by atoms with Crippen molar-refractivity contribution < 1.29 is 13.0 Å². The van der Waals surface area contributed by atoms with Gasteiger partial charge in [-0.2, -0.15) is 8.42 Å². The van der Waals surface area contributed by atoms with E-state index in [1.165, 1.54) is 12.1 Å². The summed E-state index contributed by atoms with van der Waals surface area (Å²) < 4.78 is 31.1. The van der Waals surface area contributed by atoms with Crippen LogP contribution in [0.2, 0.25) is 0 Å². The molecule has 0 radical (unpaired) electrons. The molecule has 1 aromatic carbocycles. The summed E-state index contributed by atoms with van der Waals surface area (Å²) in [6, 6.07) is 6.10. The van der Waals surface area contributed by atoms with Gasteiger partial charge >= 0.3 is 0 Å². The van der Waals surface area contributed by atoms with E-state index in [4.69, 9.17) is 10.1 Å². The number of hydrogen-bond acceptors (Lipinski definition) is 3. The van der Waals surface area contributed by atoms with Gasteiger partial charge in [0.2, 0.25) is 0 Å². The van der Waals surface area contributed by atoms with Gasteiger partial charge in [0.25, 0.3) is 10.1 Å². The molecule has 0 heterocycles. The van der Waals surface area contributed by atoms with Crippen LogP contribution in [0.15, 0.2) is 40.4 Å². The Morgan fingerprint density at radius 2 is 2.12 bits per heavy atom. The summed E-state index contributed by atoms with van der Waals surface area (Å²) in [4.78, 5) is 2.45. The summed E-state index contributed by atoms with van der Waals surface area (Å²) in [5.41, 5.74) is 8.45. The minimum absolute atomic E-state index is 0.139. The number of benzene rings is 1. The van der Waals surface area contributed by atoms with Crippen molar-refractivity contribution in [3.8, 4) is 0 Å². The average Bonchev–Trinajstić information content (AvgIpc) is 2.28. The van der Waals surface area contributed by atoms with Crippen molar-refractivity contribution >= 4 is 16.2 Å². The fourth-order valence-electron chi connectivity index (χ4n) is 1.24. The molecule has 0 aliphatic rings. The lowest BCUT2D eigenvalue weighted by Crippen LogP contribution is -2.00. The summed E-state index contributed by atoms with van der Waals surface area (Å²) in [7, 11) is -4.21. The molecule has 90 valence electrons. The fourth-order valence-corrected chi connectivity index (χ4v) is 1.92. The highest BCUT2D eigenvalue weighted by Crippen LogP contribution is 2.16. The van der Waals surface area contributed by atoms with Gasteiger partial charge in [-0.1, -0.05) is 35.5 Å². The molecular formula is C10H11N3O3S. The minimum atomic E-state index is -4.21. The van der Waals surface area contributed by atoms with Crippen LogP contribution in [-0.2, 0) is 10.1 Å². The standard InChI is InChI=1S/C10H11N3O3S/c11-13-12-8-4-3-6-9-5-1-2-7-10(9)17(14,15)16/h1-3,5-7H,4,8H2,(H,14,15,16). The van der Waals surface area contributed by atoms with Crippen molar-refractivity contribution in [2.24, 2.45) is 5.11 Å². The predicted octanol–water partition coefficient (Wildman–Crippen LogP) is 2.65. The zero-order valence-corrected chi connectivity index (χ0v) is 9.71. The van der Waals surface area contributed by atoms with E-state index in [0.29, 0.717) is 18.5 Å². The van der Waals surface area contributed by atoms with Crippen molar-refractivity contribution in [2.45, 2.75) is 11.3 Å². The SMILES string of the molecule is [N-]=[N+]=NCCC=Cc1ccccc1S(=O)(=O)O. The van der Waals surface area contributed by atoms with E-state index in [2.05, 4.69) is 10.0 Å². The molecule has 0 spiro atoms. The average molecular weight is 253 g/mol. The Morgan fingerprint density at radius 3 is 2.76 bits per heavy atom. The summed E-state index contributed by atoms with van der Waals surface area (Å²) in [6.45, 7) is 0.307. The lowest BCUT2D eigenvalue weighted by molar-refractivity contribution is 0.483. The normalized spacial score (nSPS) is 11.4. The summed E-state index contributed by atoms with van der Waals surface area (Å²) in [5, 5.41) is 3.34. The van der Waals surface area contributed by atoms with Crippen LogP contribution < -0.4 is 0 Å². The molecule has 0 fully saturated rings. The summed E-state index contributed by atoms with van der Waals surface area (Å²) in [5.74, 6) is 0. The van der Waals surface area contributed by atoms with Crippen LogP contribution in [-0.4, -0.2) is 19.5 Å². The first-order chi connectivity index (χ1) is 8.05. The summed E-state index contributed by atoms with van der Waals surface area (Å²) >= 11 is 0. The maximum atomic E-state index is 11.0. The van der Waals surface area contributed by atoms with Gasteiger partial charge in [-0.05, 0) is 23.6 Å². The Kier molecular flexibility index (Phi) is 4.71. The lowest BCUT2D eigenvalue weighted by atomic mass is 10.2. The van der Waals surface area contributed by atoms with Crippen molar-refractivity contribution in [1.29, 1.82) is 0 Å². The second kappa shape index (κ2) is 6.05. The van der Waals surface area contributed by atoms with Crippen LogP contribution in [0.5, 0.6) is 0 Å². The highest BCUT2D eigenvalue weighted by molar-refractivity contribution is 7.85. The molecule has 7 heteroatoms. The predicted molar refractivity (Wildman–Crippen MR) is 63.9 cm³/mol. The molecule has 0 atom stereocenters. The van der Waals surface area contributed by atoms with Gasteiger partial charge in [0, 0.05) is 11.5 Å². The molecule has 17 heavy (non-hydrogen) atoms. The Bertz CT molecular complexity index is 560. The van der Waals surface area contributed by atoms with Crippen molar-refractivity contribution in [1.82, 2.24) is 0 Å². The molecule has 0 aliphatic heterocycles. The first-order valence-corrected chi connectivity index (χ1v) is 6.23. The highest BCUT2D eigenvalue weighted by atomic mass is 32.2. The van der Waals surface area contributed by atoms with E-state index >= 15 is 0 Å². The molecular weight excluding hydrogens is 242 g/mol. The molecule has 0 bridgehead atoms. The van der Waals surface area contributed by atoms with Crippen molar-refractivity contribution in [3.63, 3.8) is 0 Å². The third-order valence-electron chi connectivity index (χ3n) is 1.95. The second-order valence-corrected chi connectivity index (χ2v) is 4.55. The van der Waals surface area contributed by atoms with E-state index in [9.17, 15) is 8.42 Å². The third-order valence-corrected chi connectivity index (χ3v) is 2.88. The first kappa shape index (κ1) is 13.2. The van der Waals surface area contributed by atoms with E-state index in [0.717, 1.165) is 0 Å². The Morgan fingerprint density at radius 1 is 1.41 bits per heavy atom. The van der Waals surface area contributed by atoms with Crippen LogP contribution >= 0.6 is 0 Å². The van der Waals surface area contributed by atoms with Crippen LogP contribution in [0.3, 0.4) is 0 Å². The highest BCUT2D eigenvalue weighted by Gasteiger charge is 2.12. The topological polar surface area (TPSA) is 103 Å². The van der Waals surface area contributed by atoms with Crippen LogP contribution in [0.25, 0.3) is 16.5 Å². The Labute approximate surface area is 99.0 Å². The molecule has 6 nitrogen and oxygen atoms in total. The van der Waals surface area contributed by atoms with Gasteiger partial charge < -0.3 is 0 Å². The smallest absolute Gasteiger partial charge is 0.282 e. The lowest BCUT2D eigenvalue weighted by Gasteiger charge is -2.01. The molecule has 0 aliphatic carbocycles. The van der Waals surface area contributed by atoms with Gasteiger partial charge in [0.1, 0.15) is 4.90 Å². The van der Waals surface area contributed by atoms with E-state index in [1.54, 1.807) is 24.3 Å². The van der Waals surface area contributed by atoms with Gasteiger partial charge in [-0.15, -0.1) is 0 Å². The zero-order valence-electron chi connectivity index (χ0n) is 8.89. The van der Waals surface area contributed by atoms with E-state index in [1.807, 2.05) is 0 Å². The molecule has 0 unspecified atom stereocenters. The van der Waals surface area contributed by atoms with Crippen molar-refractivity contribution in [3.05, 3.63) is 46.3 Å². The number of hydrogen-bond donors (Lipinski definition) is 1. The van der Waals surface area contributed by atoms with Crippen LogP contribution in [0.4, 0.5) is 0 Å². The zero-order chi connectivity index (χ0) is 12.7. The molecule has 1 N–H and O–H groups in total.